The number of carbonyl (C=O) groups is 3. The van der Waals surface area contributed by atoms with Crippen LogP contribution in [0.5, 0.6) is 0 Å². The van der Waals surface area contributed by atoms with Gasteiger partial charge in [0.1, 0.15) is 6.04 Å². The van der Waals surface area contributed by atoms with Gasteiger partial charge in [-0.2, -0.15) is 0 Å². The summed E-state index contributed by atoms with van der Waals surface area (Å²) in [5.41, 5.74) is 3.72. The lowest BCUT2D eigenvalue weighted by Gasteiger charge is -2.25. The number of aliphatic carboxylic acids is 1. The van der Waals surface area contributed by atoms with E-state index >= 15 is 0 Å². The van der Waals surface area contributed by atoms with Gasteiger partial charge in [0.05, 0.1) is 16.8 Å². The quantitative estimate of drug-likeness (QED) is 0.214. The number of pyridine rings is 1. The lowest BCUT2D eigenvalue weighted by atomic mass is 9.85. The summed E-state index contributed by atoms with van der Waals surface area (Å²) in [5, 5.41) is 23.1. The van der Waals surface area contributed by atoms with Gasteiger partial charge in [0.2, 0.25) is 0 Å². The lowest BCUT2D eigenvalue weighted by Crippen LogP contribution is -2.42. The van der Waals surface area contributed by atoms with Crippen molar-refractivity contribution in [2.24, 2.45) is 5.92 Å². The molecule has 1 aliphatic rings. The van der Waals surface area contributed by atoms with E-state index in [9.17, 15) is 24.6 Å². The molecule has 1 saturated carbocycles. The molecule has 1 aliphatic carbocycles. The maximum Gasteiger partial charge on any atom is 0.336 e. The second-order valence-corrected chi connectivity index (χ2v) is 10.7. The van der Waals surface area contributed by atoms with Crippen molar-refractivity contribution in [3.63, 3.8) is 0 Å². The minimum Gasteiger partial charge on any atom is -0.480 e. The number of rotatable bonds is 8. The van der Waals surface area contributed by atoms with E-state index in [4.69, 9.17) is 11.6 Å². The normalized spacial score (nSPS) is 14.5. The molecule has 0 aliphatic heterocycles. The highest BCUT2D eigenvalue weighted by atomic mass is 35.5. The Morgan fingerprint density at radius 1 is 0.900 bits per heavy atom. The van der Waals surface area contributed by atoms with Gasteiger partial charge in [0.15, 0.2) is 0 Å². The number of nitrogens with zero attached hydrogens (tertiary/aromatic N) is 1. The molecule has 1 atom stereocenters. The fraction of sp³-hybridized carbons (Fsp3) is 0.250. The van der Waals surface area contributed by atoms with Crippen molar-refractivity contribution in [1.29, 1.82) is 0 Å². The first-order valence-electron chi connectivity index (χ1n) is 13.4. The van der Waals surface area contributed by atoms with Crippen molar-refractivity contribution in [3.05, 3.63) is 88.9 Å². The molecule has 1 amide bonds. The molecule has 1 heterocycles. The van der Waals surface area contributed by atoms with Crippen molar-refractivity contribution in [3.8, 4) is 22.4 Å². The Balaban J connectivity index is 1.38. The SMILES string of the molecule is O=C(NC(CC1CCCCC1)C(=O)O)c1ccc(Cl)c(-c2ccc(-c3cc(C(=O)O)c4ccccc4n3)cc2)c1. The van der Waals surface area contributed by atoms with E-state index in [-0.39, 0.29) is 5.56 Å². The molecule has 1 unspecified atom stereocenters. The number of benzene rings is 3. The van der Waals surface area contributed by atoms with Crippen LogP contribution < -0.4 is 5.32 Å². The van der Waals surface area contributed by atoms with Gasteiger partial charge in [0.25, 0.3) is 5.91 Å². The predicted molar refractivity (Wildman–Crippen MR) is 155 cm³/mol. The number of amides is 1. The average molecular weight is 557 g/mol. The second kappa shape index (κ2) is 11.9. The summed E-state index contributed by atoms with van der Waals surface area (Å²) in [5.74, 6) is -2.21. The molecule has 0 radical (unpaired) electrons. The minimum atomic E-state index is -1.03. The van der Waals surface area contributed by atoms with Crippen LogP contribution in [0.1, 0.15) is 59.2 Å². The summed E-state index contributed by atoms with van der Waals surface area (Å²) < 4.78 is 0. The molecular weight excluding hydrogens is 528 g/mol. The number of para-hydroxylation sites is 1. The standard InChI is InChI=1S/C32H29ClN2O5/c33-26-15-14-22(30(36)35-29(32(39)40)16-19-6-2-1-3-7-19)17-24(26)20-10-12-21(13-11-20)28-18-25(31(37)38)23-8-4-5-9-27(23)34-28/h4-5,8-15,17-19,29H,1-3,6-7,16H2,(H,35,36)(H,37,38)(H,39,40). The Morgan fingerprint density at radius 3 is 2.30 bits per heavy atom. The molecule has 4 aromatic rings. The van der Waals surface area contributed by atoms with Crippen LogP contribution in [0.2, 0.25) is 5.02 Å². The average Bonchev–Trinajstić information content (AvgIpc) is 2.97. The highest BCUT2D eigenvalue weighted by Gasteiger charge is 2.26. The molecular formula is C32H29ClN2O5. The topological polar surface area (TPSA) is 117 Å². The van der Waals surface area contributed by atoms with E-state index in [1.165, 1.54) is 6.42 Å². The number of carbonyl (C=O) groups excluding carboxylic acids is 1. The summed E-state index contributed by atoms with van der Waals surface area (Å²) in [6, 6.07) is 19.9. The Kier molecular flexibility index (Phi) is 8.12. The van der Waals surface area contributed by atoms with Crippen LogP contribution in [-0.2, 0) is 4.79 Å². The zero-order valence-corrected chi connectivity index (χ0v) is 22.5. The Hall–Kier alpha value is -4.23. The largest absolute Gasteiger partial charge is 0.480 e. The van der Waals surface area contributed by atoms with Crippen LogP contribution in [0.25, 0.3) is 33.3 Å². The summed E-state index contributed by atoms with van der Waals surface area (Å²) >= 11 is 6.49. The number of halogens is 1. The lowest BCUT2D eigenvalue weighted by molar-refractivity contribution is -0.139. The highest BCUT2D eigenvalue weighted by Crippen LogP contribution is 2.32. The molecule has 5 rings (SSSR count). The Bertz CT molecular complexity index is 1580. The molecule has 1 fully saturated rings. The minimum absolute atomic E-state index is 0.176. The monoisotopic (exact) mass is 556 g/mol. The highest BCUT2D eigenvalue weighted by molar-refractivity contribution is 6.33. The fourth-order valence-corrected chi connectivity index (χ4v) is 5.65. The third-order valence-electron chi connectivity index (χ3n) is 7.56. The van der Waals surface area contributed by atoms with Gasteiger partial charge >= 0.3 is 11.9 Å². The van der Waals surface area contributed by atoms with Gasteiger partial charge in [-0.15, -0.1) is 0 Å². The van der Waals surface area contributed by atoms with Gasteiger partial charge in [-0.05, 0) is 48.2 Å². The van der Waals surface area contributed by atoms with Crippen LogP contribution in [0.3, 0.4) is 0 Å². The number of carboxylic acid groups (broad SMARTS) is 2. The first-order chi connectivity index (χ1) is 19.3. The molecule has 204 valence electrons. The van der Waals surface area contributed by atoms with Crippen molar-refractivity contribution >= 4 is 40.3 Å². The number of hydrogen-bond donors (Lipinski definition) is 3. The number of aromatic nitrogens is 1. The van der Waals surface area contributed by atoms with E-state index in [1.54, 1.807) is 42.5 Å². The summed E-state index contributed by atoms with van der Waals surface area (Å²) in [6.45, 7) is 0. The molecule has 0 saturated heterocycles. The van der Waals surface area contributed by atoms with Gasteiger partial charge in [-0.1, -0.05) is 86.2 Å². The number of hydrogen-bond acceptors (Lipinski definition) is 4. The van der Waals surface area contributed by atoms with Gasteiger partial charge < -0.3 is 15.5 Å². The predicted octanol–water partition coefficient (Wildman–Crippen LogP) is 7.07. The number of carboxylic acids is 2. The van der Waals surface area contributed by atoms with E-state index in [0.717, 1.165) is 36.8 Å². The summed E-state index contributed by atoms with van der Waals surface area (Å²) in [7, 11) is 0. The smallest absolute Gasteiger partial charge is 0.336 e. The van der Waals surface area contributed by atoms with Crippen molar-refractivity contribution < 1.29 is 24.6 Å². The maximum absolute atomic E-state index is 13.1. The van der Waals surface area contributed by atoms with Crippen molar-refractivity contribution in [2.45, 2.75) is 44.6 Å². The van der Waals surface area contributed by atoms with E-state index in [0.29, 0.717) is 45.1 Å². The molecule has 3 aromatic carbocycles. The maximum atomic E-state index is 13.1. The third kappa shape index (κ3) is 6.00. The second-order valence-electron chi connectivity index (χ2n) is 10.3. The molecule has 40 heavy (non-hydrogen) atoms. The molecule has 0 bridgehead atoms. The number of aromatic carboxylic acids is 1. The van der Waals surface area contributed by atoms with E-state index in [1.807, 2.05) is 30.3 Å². The summed E-state index contributed by atoms with van der Waals surface area (Å²) in [6.07, 6.45) is 5.79. The molecule has 3 N–H and O–H groups in total. The van der Waals surface area contributed by atoms with Crippen molar-refractivity contribution in [2.75, 3.05) is 0 Å². The van der Waals surface area contributed by atoms with Crippen LogP contribution in [0.15, 0.2) is 72.8 Å². The first-order valence-corrected chi connectivity index (χ1v) is 13.7. The van der Waals surface area contributed by atoms with Gasteiger partial charge in [-0.3, -0.25) is 4.79 Å². The summed E-state index contributed by atoms with van der Waals surface area (Å²) in [4.78, 5) is 41.4. The molecule has 8 heteroatoms. The van der Waals surface area contributed by atoms with Gasteiger partial charge in [-0.25, -0.2) is 14.6 Å². The van der Waals surface area contributed by atoms with E-state index in [2.05, 4.69) is 10.3 Å². The first kappa shape index (κ1) is 27.3. The molecule has 1 aromatic heterocycles. The number of nitrogens with one attached hydrogen (secondary N) is 1. The Labute approximate surface area is 236 Å². The van der Waals surface area contributed by atoms with Gasteiger partial charge in [0, 0.05) is 27.1 Å². The zero-order chi connectivity index (χ0) is 28.2. The van der Waals surface area contributed by atoms with E-state index < -0.39 is 23.9 Å². The van der Waals surface area contributed by atoms with Crippen LogP contribution >= 0.6 is 11.6 Å². The number of fused-ring (bicyclic) bond motifs is 1. The fourth-order valence-electron chi connectivity index (χ4n) is 5.43. The molecule has 0 spiro atoms. The third-order valence-corrected chi connectivity index (χ3v) is 7.89. The van der Waals surface area contributed by atoms with Crippen LogP contribution in [-0.4, -0.2) is 39.1 Å². The van der Waals surface area contributed by atoms with Crippen LogP contribution in [0, 0.1) is 5.92 Å². The van der Waals surface area contributed by atoms with Crippen LogP contribution in [0.4, 0.5) is 0 Å². The Morgan fingerprint density at radius 2 is 1.60 bits per heavy atom. The molecule has 7 nitrogen and oxygen atoms in total. The zero-order valence-electron chi connectivity index (χ0n) is 21.8. The van der Waals surface area contributed by atoms with Crippen molar-refractivity contribution in [1.82, 2.24) is 10.3 Å².